The van der Waals surface area contributed by atoms with Crippen LogP contribution in [0.15, 0.2) is 0 Å². The Morgan fingerprint density at radius 3 is 2.53 bits per heavy atom. The van der Waals surface area contributed by atoms with Gasteiger partial charge < -0.3 is 14.9 Å². The lowest BCUT2D eigenvalue weighted by Gasteiger charge is -2.42. The van der Waals surface area contributed by atoms with E-state index in [2.05, 4.69) is 0 Å². The third kappa shape index (κ3) is 2.60. The van der Waals surface area contributed by atoms with Crippen molar-refractivity contribution in [3.05, 3.63) is 0 Å². The highest BCUT2D eigenvalue weighted by Gasteiger charge is 2.36. The summed E-state index contributed by atoms with van der Waals surface area (Å²) in [5, 5.41) is 8.92. The lowest BCUT2D eigenvalue weighted by atomic mass is 9.92. The van der Waals surface area contributed by atoms with Crippen molar-refractivity contribution in [3.63, 3.8) is 0 Å². The van der Waals surface area contributed by atoms with Crippen molar-refractivity contribution in [1.82, 2.24) is 9.80 Å². The molecule has 0 bridgehead atoms. The molecule has 17 heavy (non-hydrogen) atoms. The van der Waals surface area contributed by atoms with Crippen molar-refractivity contribution < 1.29 is 14.7 Å². The fourth-order valence-corrected chi connectivity index (χ4v) is 2.59. The SMILES string of the molecule is CC(=O)N1CCCC(C(=O)N2CC(CO)C2)C1. The summed E-state index contributed by atoms with van der Waals surface area (Å²) in [5.74, 6) is 0.429. The monoisotopic (exact) mass is 240 g/mol. The van der Waals surface area contributed by atoms with Gasteiger partial charge in [-0.05, 0) is 12.8 Å². The molecule has 0 aromatic carbocycles. The Kier molecular flexibility index (Phi) is 3.66. The van der Waals surface area contributed by atoms with E-state index in [0.29, 0.717) is 19.6 Å². The van der Waals surface area contributed by atoms with Crippen molar-refractivity contribution in [2.75, 3.05) is 32.8 Å². The Morgan fingerprint density at radius 2 is 1.94 bits per heavy atom. The van der Waals surface area contributed by atoms with E-state index in [-0.39, 0.29) is 30.3 Å². The second-order valence-corrected chi connectivity index (χ2v) is 5.10. The van der Waals surface area contributed by atoms with E-state index in [1.165, 1.54) is 0 Å². The van der Waals surface area contributed by atoms with Crippen molar-refractivity contribution in [1.29, 1.82) is 0 Å². The van der Waals surface area contributed by atoms with E-state index >= 15 is 0 Å². The predicted octanol–water partition coefficient (Wildman–Crippen LogP) is -0.304. The van der Waals surface area contributed by atoms with Gasteiger partial charge in [0, 0.05) is 45.6 Å². The third-order valence-electron chi connectivity index (χ3n) is 3.74. The molecule has 2 rings (SSSR count). The molecule has 1 atom stereocenters. The van der Waals surface area contributed by atoms with Crippen molar-refractivity contribution in [2.45, 2.75) is 19.8 Å². The number of carbonyl (C=O) groups excluding carboxylic acids is 2. The van der Waals surface area contributed by atoms with E-state index in [9.17, 15) is 9.59 Å². The first-order chi connectivity index (χ1) is 8.11. The van der Waals surface area contributed by atoms with Gasteiger partial charge in [-0.15, -0.1) is 0 Å². The maximum absolute atomic E-state index is 12.1. The standard InChI is InChI=1S/C12H20N2O3/c1-9(16)13-4-2-3-11(7-13)12(17)14-5-10(6-14)8-15/h10-11,15H,2-8H2,1H3. The minimum absolute atomic E-state index is 0.0349. The van der Waals surface area contributed by atoms with Gasteiger partial charge >= 0.3 is 0 Å². The molecular formula is C12H20N2O3. The summed E-state index contributed by atoms with van der Waals surface area (Å²) in [7, 11) is 0. The quantitative estimate of drug-likeness (QED) is 0.720. The molecule has 2 amide bonds. The smallest absolute Gasteiger partial charge is 0.227 e. The number of hydrogen-bond acceptors (Lipinski definition) is 3. The van der Waals surface area contributed by atoms with E-state index < -0.39 is 0 Å². The number of hydrogen-bond donors (Lipinski definition) is 1. The molecule has 0 aliphatic carbocycles. The fraction of sp³-hybridized carbons (Fsp3) is 0.833. The highest BCUT2D eigenvalue weighted by atomic mass is 16.3. The van der Waals surface area contributed by atoms with Crippen LogP contribution in [-0.2, 0) is 9.59 Å². The molecule has 0 aromatic rings. The lowest BCUT2D eigenvalue weighted by Crippen LogP contribution is -2.55. The third-order valence-corrected chi connectivity index (χ3v) is 3.74. The molecule has 2 aliphatic rings. The van der Waals surface area contributed by atoms with Gasteiger partial charge in [0.2, 0.25) is 11.8 Å². The fourth-order valence-electron chi connectivity index (χ4n) is 2.59. The number of amides is 2. The topological polar surface area (TPSA) is 60.9 Å². The highest BCUT2D eigenvalue weighted by molar-refractivity contribution is 5.81. The number of carbonyl (C=O) groups is 2. The van der Waals surface area contributed by atoms with Gasteiger partial charge in [-0.25, -0.2) is 0 Å². The molecule has 96 valence electrons. The zero-order chi connectivity index (χ0) is 12.4. The van der Waals surface area contributed by atoms with Gasteiger partial charge in [-0.3, -0.25) is 9.59 Å². The molecule has 0 aromatic heterocycles. The molecule has 2 heterocycles. The Balaban J connectivity index is 1.85. The number of nitrogens with zero attached hydrogens (tertiary/aromatic N) is 2. The van der Waals surface area contributed by atoms with E-state index in [1.54, 1.807) is 16.7 Å². The largest absolute Gasteiger partial charge is 0.396 e. The summed E-state index contributed by atoms with van der Waals surface area (Å²) in [5.41, 5.74) is 0. The molecule has 1 unspecified atom stereocenters. The van der Waals surface area contributed by atoms with Crippen LogP contribution in [0.5, 0.6) is 0 Å². The van der Waals surface area contributed by atoms with Crippen LogP contribution >= 0.6 is 0 Å². The van der Waals surface area contributed by atoms with Crippen LogP contribution < -0.4 is 0 Å². The average molecular weight is 240 g/mol. The minimum atomic E-state index is -0.0349. The summed E-state index contributed by atoms with van der Waals surface area (Å²) in [4.78, 5) is 27.0. The average Bonchev–Trinajstić information content (AvgIpc) is 2.27. The van der Waals surface area contributed by atoms with Gasteiger partial charge in [-0.1, -0.05) is 0 Å². The van der Waals surface area contributed by atoms with E-state index in [4.69, 9.17) is 5.11 Å². The van der Waals surface area contributed by atoms with Gasteiger partial charge in [-0.2, -0.15) is 0 Å². The van der Waals surface area contributed by atoms with Gasteiger partial charge in [0.15, 0.2) is 0 Å². The first-order valence-electron chi connectivity index (χ1n) is 6.27. The second-order valence-electron chi connectivity index (χ2n) is 5.10. The maximum Gasteiger partial charge on any atom is 0.227 e. The summed E-state index contributed by atoms with van der Waals surface area (Å²) in [6.07, 6.45) is 1.79. The summed E-state index contributed by atoms with van der Waals surface area (Å²) < 4.78 is 0. The number of likely N-dealkylation sites (tertiary alicyclic amines) is 2. The van der Waals surface area contributed by atoms with Gasteiger partial charge in [0.1, 0.15) is 0 Å². The molecule has 5 heteroatoms. The van der Waals surface area contributed by atoms with E-state index in [1.807, 2.05) is 0 Å². The summed E-state index contributed by atoms with van der Waals surface area (Å²) in [6.45, 7) is 4.40. The van der Waals surface area contributed by atoms with Gasteiger partial charge in [0.05, 0.1) is 5.92 Å². The van der Waals surface area contributed by atoms with Crippen LogP contribution in [0.1, 0.15) is 19.8 Å². The number of aliphatic hydroxyl groups is 1. The van der Waals surface area contributed by atoms with Crippen molar-refractivity contribution in [2.24, 2.45) is 11.8 Å². The van der Waals surface area contributed by atoms with Gasteiger partial charge in [0.25, 0.3) is 0 Å². The second kappa shape index (κ2) is 5.04. The molecule has 5 nitrogen and oxygen atoms in total. The number of piperidine rings is 1. The Morgan fingerprint density at radius 1 is 1.24 bits per heavy atom. The predicted molar refractivity (Wildman–Crippen MR) is 62.1 cm³/mol. The Hall–Kier alpha value is -1.10. The van der Waals surface area contributed by atoms with E-state index in [0.717, 1.165) is 19.4 Å². The Labute approximate surface area is 101 Å². The first kappa shape index (κ1) is 12.4. The molecular weight excluding hydrogens is 220 g/mol. The highest BCUT2D eigenvalue weighted by Crippen LogP contribution is 2.23. The van der Waals surface area contributed by atoms with Crippen LogP contribution in [0.3, 0.4) is 0 Å². The van der Waals surface area contributed by atoms with Crippen LogP contribution in [0.2, 0.25) is 0 Å². The molecule has 2 aliphatic heterocycles. The summed E-state index contributed by atoms with van der Waals surface area (Å²) in [6, 6.07) is 0. The first-order valence-corrected chi connectivity index (χ1v) is 6.27. The molecule has 0 spiro atoms. The minimum Gasteiger partial charge on any atom is -0.396 e. The zero-order valence-electron chi connectivity index (χ0n) is 10.3. The maximum atomic E-state index is 12.1. The zero-order valence-corrected chi connectivity index (χ0v) is 10.3. The van der Waals surface area contributed by atoms with Crippen molar-refractivity contribution >= 4 is 11.8 Å². The molecule has 2 fully saturated rings. The van der Waals surface area contributed by atoms with Crippen LogP contribution in [-0.4, -0.2) is 59.5 Å². The van der Waals surface area contributed by atoms with Crippen LogP contribution in [0.25, 0.3) is 0 Å². The number of rotatable bonds is 2. The molecule has 0 radical (unpaired) electrons. The Bertz CT molecular complexity index is 313. The lowest BCUT2D eigenvalue weighted by molar-refractivity contribution is -0.146. The number of aliphatic hydroxyl groups excluding tert-OH is 1. The van der Waals surface area contributed by atoms with Crippen molar-refractivity contribution in [3.8, 4) is 0 Å². The normalized spacial score (nSPS) is 25.6. The molecule has 0 saturated carbocycles. The molecule has 2 saturated heterocycles. The summed E-state index contributed by atoms with van der Waals surface area (Å²) >= 11 is 0. The van der Waals surface area contributed by atoms with Crippen LogP contribution in [0.4, 0.5) is 0 Å². The van der Waals surface area contributed by atoms with Crippen LogP contribution in [0, 0.1) is 11.8 Å². The molecule has 1 N–H and O–H groups in total.